The number of pyridine rings is 1. The van der Waals surface area contributed by atoms with Gasteiger partial charge in [0, 0.05) is 24.4 Å². The average molecular weight is 438 g/mol. The van der Waals surface area contributed by atoms with Crippen molar-refractivity contribution in [1.82, 2.24) is 18.9 Å². The summed E-state index contributed by atoms with van der Waals surface area (Å²) in [6, 6.07) is 9.47. The van der Waals surface area contributed by atoms with Crippen LogP contribution in [0.1, 0.15) is 17.8 Å². The molecule has 3 heterocycles. The summed E-state index contributed by atoms with van der Waals surface area (Å²) in [6.07, 6.45) is 6.27. The van der Waals surface area contributed by atoms with Crippen LogP contribution >= 0.6 is 0 Å². The fourth-order valence-corrected chi connectivity index (χ4v) is 5.29. The van der Waals surface area contributed by atoms with Gasteiger partial charge in [-0.15, -0.1) is 0 Å². The number of nitrogens with one attached hydrogen (secondary N) is 2. The van der Waals surface area contributed by atoms with E-state index in [1.807, 2.05) is 0 Å². The molecule has 1 aliphatic rings. The van der Waals surface area contributed by atoms with E-state index in [1.165, 1.54) is 18.3 Å². The number of imidazole rings is 1. The van der Waals surface area contributed by atoms with Crippen LogP contribution in [0.3, 0.4) is 0 Å². The number of fused-ring (bicyclic) bond motifs is 2. The van der Waals surface area contributed by atoms with Gasteiger partial charge < -0.3 is 10.3 Å². The number of rotatable bonds is 5. The molecule has 0 bridgehead atoms. The standard InChI is InChI=1S/C20H18N6O4S/c27-26(28)18-11-21-20-15(8-9-25(20)31(29,30)14-4-2-1-3-5-14)19(18)24-13-6-7-16-17(10-13)23-12-22-16/h1-5,8-9,11-13H,6-7,10H2,(H,21,24)(H,22,23). The van der Waals surface area contributed by atoms with E-state index in [9.17, 15) is 18.5 Å². The highest BCUT2D eigenvalue weighted by Crippen LogP contribution is 2.35. The quantitative estimate of drug-likeness (QED) is 0.361. The number of nitro groups is 1. The largest absolute Gasteiger partial charge is 0.376 e. The van der Waals surface area contributed by atoms with E-state index in [-0.39, 0.29) is 28.0 Å². The third kappa shape index (κ3) is 3.22. The SMILES string of the molecule is O=[N+]([O-])c1cnc2c(ccn2S(=O)(=O)c2ccccc2)c1NC1CCc2nc[nH]c2C1. The Morgan fingerprint density at radius 3 is 2.77 bits per heavy atom. The molecule has 0 saturated heterocycles. The Labute approximate surface area is 177 Å². The predicted octanol–water partition coefficient (Wildman–Crippen LogP) is 2.87. The lowest BCUT2D eigenvalue weighted by Crippen LogP contribution is -2.28. The number of H-pyrrole nitrogens is 1. The number of aromatic nitrogens is 4. The third-order valence-corrected chi connectivity index (χ3v) is 7.17. The van der Waals surface area contributed by atoms with Crippen LogP contribution in [0, 0.1) is 10.1 Å². The lowest BCUT2D eigenvalue weighted by Gasteiger charge is -2.23. The fourth-order valence-electron chi connectivity index (χ4n) is 3.97. The summed E-state index contributed by atoms with van der Waals surface area (Å²) in [5.74, 6) is 0. The Kier molecular flexibility index (Phi) is 4.47. The average Bonchev–Trinajstić information content (AvgIpc) is 3.41. The molecular weight excluding hydrogens is 420 g/mol. The van der Waals surface area contributed by atoms with Crippen molar-refractivity contribution >= 4 is 32.4 Å². The first-order chi connectivity index (χ1) is 14.9. The van der Waals surface area contributed by atoms with Gasteiger partial charge in [0.1, 0.15) is 11.9 Å². The molecule has 0 fully saturated rings. The van der Waals surface area contributed by atoms with E-state index in [2.05, 4.69) is 20.3 Å². The van der Waals surface area contributed by atoms with Crippen molar-refractivity contribution in [2.24, 2.45) is 0 Å². The van der Waals surface area contributed by atoms with Crippen LogP contribution in [-0.2, 0) is 22.9 Å². The molecule has 0 spiro atoms. The number of anilines is 1. The van der Waals surface area contributed by atoms with Crippen LogP contribution in [-0.4, -0.2) is 38.3 Å². The Morgan fingerprint density at radius 2 is 2.00 bits per heavy atom. The number of hydrogen-bond donors (Lipinski definition) is 2. The van der Waals surface area contributed by atoms with Gasteiger partial charge in [0.15, 0.2) is 5.65 Å². The predicted molar refractivity (Wildman–Crippen MR) is 113 cm³/mol. The number of aryl methyl sites for hydroxylation is 1. The molecule has 5 rings (SSSR count). The molecule has 0 saturated carbocycles. The smallest absolute Gasteiger partial charge is 0.311 e. The maximum Gasteiger partial charge on any atom is 0.311 e. The normalized spacial score (nSPS) is 16.2. The second-order valence-corrected chi connectivity index (χ2v) is 9.17. The summed E-state index contributed by atoms with van der Waals surface area (Å²) in [5, 5.41) is 15.3. The minimum atomic E-state index is -3.89. The van der Waals surface area contributed by atoms with Gasteiger partial charge in [-0.05, 0) is 31.0 Å². The first-order valence-corrected chi connectivity index (χ1v) is 11.1. The van der Waals surface area contributed by atoms with Crippen LogP contribution in [0.4, 0.5) is 11.4 Å². The van der Waals surface area contributed by atoms with Gasteiger partial charge in [0.2, 0.25) is 0 Å². The Bertz CT molecular complexity index is 1390. The molecule has 2 N–H and O–H groups in total. The van der Waals surface area contributed by atoms with Gasteiger partial charge in [-0.1, -0.05) is 18.2 Å². The van der Waals surface area contributed by atoms with Crippen LogP contribution in [0.15, 0.2) is 60.0 Å². The topological polar surface area (TPSA) is 136 Å². The van der Waals surface area contributed by atoms with Crippen molar-refractivity contribution in [3.8, 4) is 0 Å². The second kappa shape index (κ2) is 7.20. The highest BCUT2D eigenvalue weighted by molar-refractivity contribution is 7.90. The van der Waals surface area contributed by atoms with Gasteiger partial charge >= 0.3 is 5.69 Å². The number of aromatic amines is 1. The van der Waals surface area contributed by atoms with Crippen LogP contribution < -0.4 is 5.32 Å². The summed E-state index contributed by atoms with van der Waals surface area (Å²) in [4.78, 5) is 22.8. The molecular formula is C20H18N6O4S. The molecule has 1 aromatic carbocycles. The van der Waals surface area contributed by atoms with Crippen molar-refractivity contribution < 1.29 is 13.3 Å². The molecule has 3 aromatic heterocycles. The zero-order valence-electron chi connectivity index (χ0n) is 16.2. The highest BCUT2D eigenvalue weighted by atomic mass is 32.2. The Morgan fingerprint density at radius 1 is 1.19 bits per heavy atom. The zero-order chi connectivity index (χ0) is 21.6. The van der Waals surface area contributed by atoms with Crippen molar-refractivity contribution in [1.29, 1.82) is 0 Å². The Hall–Kier alpha value is -3.73. The summed E-state index contributed by atoms with van der Waals surface area (Å²) in [7, 11) is -3.89. The molecule has 0 aliphatic heterocycles. The van der Waals surface area contributed by atoms with Crippen LogP contribution in [0.5, 0.6) is 0 Å². The molecule has 10 nitrogen and oxygen atoms in total. The molecule has 1 unspecified atom stereocenters. The van der Waals surface area contributed by atoms with Crippen LogP contribution in [0.25, 0.3) is 11.0 Å². The van der Waals surface area contributed by atoms with Gasteiger partial charge in [0.05, 0.1) is 27.2 Å². The number of benzene rings is 1. The lowest BCUT2D eigenvalue weighted by atomic mass is 9.95. The van der Waals surface area contributed by atoms with E-state index >= 15 is 0 Å². The van der Waals surface area contributed by atoms with E-state index in [0.29, 0.717) is 11.8 Å². The van der Waals surface area contributed by atoms with E-state index < -0.39 is 14.9 Å². The van der Waals surface area contributed by atoms with Crippen molar-refractivity contribution in [2.45, 2.75) is 30.2 Å². The minimum absolute atomic E-state index is 0.0636. The summed E-state index contributed by atoms with van der Waals surface area (Å²) < 4.78 is 27.2. The maximum atomic E-state index is 13.1. The Balaban J connectivity index is 1.59. The highest BCUT2D eigenvalue weighted by Gasteiger charge is 2.28. The summed E-state index contributed by atoms with van der Waals surface area (Å²) >= 11 is 0. The van der Waals surface area contributed by atoms with E-state index in [1.54, 1.807) is 30.6 Å². The van der Waals surface area contributed by atoms with Gasteiger partial charge in [-0.3, -0.25) is 10.1 Å². The molecule has 4 aromatic rings. The fraction of sp³-hybridized carbons (Fsp3) is 0.200. The molecule has 11 heteroatoms. The second-order valence-electron chi connectivity index (χ2n) is 7.35. The molecule has 0 radical (unpaired) electrons. The first-order valence-electron chi connectivity index (χ1n) is 9.68. The number of nitrogens with zero attached hydrogens (tertiary/aromatic N) is 4. The third-order valence-electron chi connectivity index (χ3n) is 5.49. The maximum absolute atomic E-state index is 13.1. The summed E-state index contributed by atoms with van der Waals surface area (Å²) in [6.45, 7) is 0. The molecule has 0 amide bonds. The molecule has 1 atom stereocenters. The van der Waals surface area contributed by atoms with Crippen molar-refractivity contribution in [2.75, 3.05) is 5.32 Å². The van der Waals surface area contributed by atoms with Crippen molar-refractivity contribution in [3.63, 3.8) is 0 Å². The number of hydrogen-bond acceptors (Lipinski definition) is 7. The first kappa shape index (κ1) is 19.2. The summed E-state index contributed by atoms with van der Waals surface area (Å²) in [5.41, 5.74) is 2.21. The molecule has 158 valence electrons. The molecule has 31 heavy (non-hydrogen) atoms. The molecule has 1 aliphatic carbocycles. The van der Waals surface area contributed by atoms with Gasteiger partial charge in [-0.25, -0.2) is 22.4 Å². The van der Waals surface area contributed by atoms with E-state index in [4.69, 9.17) is 0 Å². The van der Waals surface area contributed by atoms with Gasteiger partial charge in [-0.2, -0.15) is 0 Å². The lowest BCUT2D eigenvalue weighted by molar-refractivity contribution is -0.384. The minimum Gasteiger partial charge on any atom is -0.376 e. The van der Waals surface area contributed by atoms with E-state index in [0.717, 1.165) is 34.4 Å². The monoisotopic (exact) mass is 438 g/mol. The van der Waals surface area contributed by atoms with Gasteiger partial charge in [0.25, 0.3) is 10.0 Å². The van der Waals surface area contributed by atoms with Crippen LogP contribution in [0.2, 0.25) is 0 Å². The zero-order valence-corrected chi connectivity index (χ0v) is 17.0. The van der Waals surface area contributed by atoms with Crippen molar-refractivity contribution in [3.05, 3.63) is 76.6 Å².